The zero-order valence-electron chi connectivity index (χ0n) is 54.5. The standard InChI is InChI=1S/C27H23ClN4O2.C26H23ClN4O2.C26H24N4O2/c1-2-5-25(33)31-14-4-8-23(31)27-30-26(24-17-29-13-15-32(24)27)20-9-11-22(12-10-20)34-18-19-6-3-7-21(28)16-19;1-2-24(32)30-13-4-7-22(30)26-29-25(23-16-28-12-14-31(23)26)19-8-10-21(11-9-19)33-17-18-5-3-6-20(27)15-18;1-2-24(31)29-15-6-9-22(29)26-28-25(23-17-27-14-16-30(23)26)20-12-10-19(11-13-20)18-32-21-7-4-3-5-8-21/h3,6-7,9-13,15-17,23H,4,8,14,18H2,1H3;2-3,5-6,8-12,14-16,22H,1,4,7,13,17H2;2-5,7-8,10-14,16-17,22H,1,6,9,15,18H2/t23-;2*22-/m000/s1. The molecule has 9 heterocycles. The third kappa shape index (κ3) is 15.0. The number of aromatic nitrogens is 9. The molecule has 3 atom stereocenters. The molecule has 0 radical (unpaired) electrons. The molecule has 3 saturated heterocycles. The first-order chi connectivity index (χ1) is 48.5. The Balaban J connectivity index is 0.000000133. The summed E-state index contributed by atoms with van der Waals surface area (Å²) in [6, 6.07) is 48.7. The van der Waals surface area contributed by atoms with E-state index < -0.39 is 0 Å². The van der Waals surface area contributed by atoms with Crippen LogP contribution in [0.5, 0.6) is 17.2 Å². The SMILES string of the molecule is C=CC(=O)N1CCC[C@H]1c1nc(-c2ccc(COc3ccccc3)cc2)c2cnccn12.C=CC(=O)N1CCC[C@H]1c1nc(-c2ccc(OCc3cccc(Cl)c3)cc2)c2cnccn12.CC#CC(=O)N1CCC[C@H]1c1nc(-c2ccc(OCc3cccc(Cl)c3)cc2)c2cnccn12. The second-order valence-electron chi connectivity index (χ2n) is 24.0. The van der Waals surface area contributed by atoms with Gasteiger partial charge in [0.15, 0.2) is 0 Å². The van der Waals surface area contributed by atoms with Crippen LogP contribution < -0.4 is 14.2 Å². The molecule has 6 aromatic carbocycles. The lowest BCUT2D eigenvalue weighted by atomic mass is 10.1. The lowest BCUT2D eigenvalue weighted by molar-refractivity contribution is -0.127. The number of imidazole rings is 3. The number of hydrogen-bond donors (Lipinski definition) is 0. The Labute approximate surface area is 583 Å². The first-order valence-electron chi connectivity index (χ1n) is 32.8. The largest absolute Gasteiger partial charge is 0.489 e. The summed E-state index contributed by atoms with van der Waals surface area (Å²) >= 11 is 12.1. The monoisotopic (exact) mass is 1350 g/mol. The molecule has 0 N–H and O–H groups in total. The Morgan fingerprint density at radius 1 is 0.475 bits per heavy atom. The Morgan fingerprint density at radius 3 is 1.24 bits per heavy atom. The summed E-state index contributed by atoms with van der Waals surface area (Å²) in [6.07, 6.45) is 24.6. The van der Waals surface area contributed by atoms with Crippen molar-refractivity contribution in [1.29, 1.82) is 0 Å². The quantitative estimate of drug-likeness (QED) is 0.0623. The molecule has 496 valence electrons. The molecule has 99 heavy (non-hydrogen) atoms. The molecule has 0 spiro atoms. The van der Waals surface area contributed by atoms with Crippen LogP contribution in [0.15, 0.2) is 233 Å². The Bertz CT molecular complexity index is 4950. The van der Waals surface area contributed by atoms with E-state index in [1.165, 1.54) is 12.2 Å². The third-order valence-electron chi connectivity index (χ3n) is 17.7. The van der Waals surface area contributed by atoms with Crippen molar-refractivity contribution in [2.75, 3.05) is 19.6 Å². The fourth-order valence-corrected chi connectivity index (χ4v) is 13.4. The van der Waals surface area contributed by atoms with Gasteiger partial charge in [-0.15, -0.1) is 0 Å². The minimum Gasteiger partial charge on any atom is -0.489 e. The number of fused-ring (bicyclic) bond motifs is 3. The molecule has 0 saturated carbocycles. The summed E-state index contributed by atoms with van der Waals surface area (Å²) < 4.78 is 23.8. The molecule has 6 aromatic heterocycles. The highest BCUT2D eigenvalue weighted by Gasteiger charge is 2.36. The van der Waals surface area contributed by atoms with Crippen molar-refractivity contribution in [2.24, 2.45) is 0 Å². The fraction of sp³-hybridized carbons (Fsp3) is 0.203. The van der Waals surface area contributed by atoms with Crippen molar-refractivity contribution >= 4 is 57.5 Å². The maximum atomic E-state index is 12.5. The van der Waals surface area contributed by atoms with Crippen LogP contribution in [0.1, 0.15) is 97.7 Å². The molecule has 0 bridgehead atoms. The molecular weight excluding hydrogens is 1280 g/mol. The maximum absolute atomic E-state index is 12.5. The fourth-order valence-electron chi connectivity index (χ4n) is 13.0. The molecular formula is C79H70Cl2N12O6. The third-order valence-corrected chi connectivity index (χ3v) is 18.2. The van der Waals surface area contributed by atoms with E-state index in [0.717, 1.165) is 147 Å². The molecule has 20 heteroatoms. The summed E-state index contributed by atoms with van der Waals surface area (Å²) in [4.78, 5) is 70.7. The van der Waals surface area contributed by atoms with Crippen LogP contribution in [-0.2, 0) is 34.2 Å². The lowest BCUT2D eigenvalue weighted by Crippen LogP contribution is -2.30. The van der Waals surface area contributed by atoms with E-state index >= 15 is 0 Å². The predicted molar refractivity (Wildman–Crippen MR) is 383 cm³/mol. The van der Waals surface area contributed by atoms with Crippen molar-refractivity contribution in [1.82, 2.24) is 57.8 Å². The van der Waals surface area contributed by atoms with Crippen LogP contribution in [-0.4, -0.2) is 95.2 Å². The number of benzene rings is 6. The van der Waals surface area contributed by atoms with E-state index in [0.29, 0.717) is 43.0 Å². The topological polar surface area (TPSA) is 179 Å². The van der Waals surface area contributed by atoms with Gasteiger partial charge in [-0.1, -0.05) is 109 Å². The first-order valence-corrected chi connectivity index (χ1v) is 33.6. The minimum atomic E-state index is -0.154. The number of ether oxygens (including phenoxy) is 3. The van der Waals surface area contributed by atoms with Crippen LogP contribution in [0.3, 0.4) is 0 Å². The number of para-hydroxylation sites is 1. The maximum Gasteiger partial charge on any atom is 0.299 e. The number of nitrogens with zero attached hydrogens (tertiary/aromatic N) is 12. The molecule has 18 nitrogen and oxygen atoms in total. The van der Waals surface area contributed by atoms with Crippen LogP contribution in [0.4, 0.5) is 0 Å². The number of amides is 3. The molecule has 3 fully saturated rings. The normalized spacial score (nSPS) is 15.5. The molecule has 15 rings (SSSR count). The van der Waals surface area contributed by atoms with Gasteiger partial charge in [0, 0.05) is 83.6 Å². The summed E-state index contributed by atoms with van der Waals surface area (Å²) in [5.41, 5.74) is 11.3. The van der Waals surface area contributed by atoms with E-state index in [9.17, 15) is 14.4 Å². The second kappa shape index (κ2) is 30.8. The number of likely N-dealkylation sites (tertiary alicyclic amines) is 3. The molecule has 0 aliphatic carbocycles. The predicted octanol–water partition coefficient (Wildman–Crippen LogP) is 15.6. The molecule has 3 aliphatic rings. The van der Waals surface area contributed by atoms with Gasteiger partial charge in [-0.2, -0.15) is 0 Å². The Hall–Kier alpha value is -11.4. The van der Waals surface area contributed by atoms with Gasteiger partial charge < -0.3 is 28.9 Å². The van der Waals surface area contributed by atoms with E-state index in [1.807, 2.05) is 192 Å². The van der Waals surface area contributed by atoms with E-state index in [2.05, 4.69) is 64.2 Å². The average Bonchev–Trinajstić information content (AvgIpc) is 1.63. The van der Waals surface area contributed by atoms with Crippen molar-refractivity contribution in [3.05, 3.63) is 277 Å². The van der Waals surface area contributed by atoms with Crippen molar-refractivity contribution < 1.29 is 28.6 Å². The summed E-state index contributed by atoms with van der Waals surface area (Å²) in [5, 5.41) is 1.38. The Morgan fingerprint density at radius 2 is 0.848 bits per heavy atom. The van der Waals surface area contributed by atoms with Crippen LogP contribution in [0.2, 0.25) is 10.0 Å². The van der Waals surface area contributed by atoms with E-state index in [4.69, 9.17) is 52.4 Å². The first kappa shape index (κ1) is 66.2. The molecule has 12 aromatic rings. The van der Waals surface area contributed by atoms with E-state index in [-0.39, 0.29) is 35.8 Å². The van der Waals surface area contributed by atoms with Gasteiger partial charge in [0.1, 0.15) is 54.5 Å². The number of hydrogen-bond acceptors (Lipinski definition) is 12. The lowest BCUT2D eigenvalue weighted by Gasteiger charge is -2.22. The zero-order valence-corrected chi connectivity index (χ0v) is 56.0. The molecule has 3 amide bonds. The van der Waals surface area contributed by atoms with Crippen LogP contribution >= 0.6 is 23.2 Å². The molecule has 0 unspecified atom stereocenters. The van der Waals surface area contributed by atoms with Gasteiger partial charge >= 0.3 is 0 Å². The second-order valence-corrected chi connectivity index (χ2v) is 24.8. The van der Waals surface area contributed by atoms with E-state index in [1.54, 1.807) is 25.5 Å². The highest BCUT2D eigenvalue weighted by molar-refractivity contribution is 6.30. The van der Waals surface area contributed by atoms with Gasteiger partial charge in [-0.05, 0) is 165 Å². The van der Waals surface area contributed by atoms with Gasteiger partial charge in [0.05, 0.1) is 70.3 Å². The Kier molecular flexibility index (Phi) is 20.6. The summed E-state index contributed by atoms with van der Waals surface area (Å²) in [5.74, 6) is 10.0. The van der Waals surface area contributed by atoms with Gasteiger partial charge in [0.2, 0.25) is 11.8 Å². The van der Waals surface area contributed by atoms with Crippen molar-refractivity contribution in [2.45, 2.75) is 83.4 Å². The van der Waals surface area contributed by atoms with Crippen molar-refractivity contribution in [3.63, 3.8) is 0 Å². The van der Waals surface area contributed by atoms with Crippen LogP contribution in [0, 0.1) is 11.8 Å². The highest BCUT2D eigenvalue weighted by atomic mass is 35.5. The number of carbonyl (C=O) groups is 3. The van der Waals surface area contributed by atoms with Crippen molar-refractivity contribution in [3.8, 4) is 62.9 Å². The highest BCUT2D eigenvalue weighted by Crippen LogP contribution is 2.39. The number of carbonyl (C=O) groups excluding carboxylic acids is 3. The smallest absolute Gasteiger partial charge is 0.299 e. The van der Waals surface area contributed by atoms with Gasteiger partial charge in [0.25, 0.3) is 5.91 Å². The zero-order chi connectivity index (χ0) is 68.2. The average molecular weight is 1350 g/mol. The summed E-state index contributed by atoms with van der Waals surface area (Å²) in [7, 11) is 0. The van der Waals surface area contributed by atoms with Gasteiger partial charge in [-0.3, -0.25) is 42.5 Å². The van der Waals surface area contributed by atoms with Gasteiger partial charge in [-0.25, -0.2) is 15.0 Å². The number of halogens is 2. The minimum absolute atomic E-state index is 0.0531. The summed E-state index contributed by atoms with van der Waals surface area (Å²) in [6.45, 7) is 12.5. The van der Waals surface area contributed by atoms with Crippen LogP contribution in [0.25, 0.3) is 50.3 Å². The molecule has 3 aliphatic heterocycles. The number of rotatable bonds is 17.